The summed E-state index contributed by atoms with van der Waals surface area (Å²) >= 11 is 0. The Morgan fingerprint density at radius 1 is 0.759 bits per heavy atom. The van der Waals surface area contributed by atoms with Crippen LogP contribution in [0.4, 0.5) is 0 Å². The van der Waals surface area contributed by atoms with Crippen molar-refractivity contribution in [1.82, 2.24) is 0 Å². The van der Waals surface area contributed by atoms with Crippen molar-refractivity contribution in [2.45, 2.75) is 180 Å². The number of ether oxygens (including phenoxy) is 2. The summed E-state index contributed by atoms with van der Waals surface area (Å²) < 4.78 is 34.7. The first-order valence-electron chi connectivity index (χ1n) is 22.7. The molecule has 1 fully saturated rings. The molecule has 1 unspecified atom stereocenters. The zero-order valence-electron chi connectivity index (χ0n) is 37.1. The maximum Gasteiger partial charge on any atom is 0.472 e. The molecule has 1 saturated carbocycles. The number of phosphoric ester groups is 1. The van der Waals surface area contributed by atoms with Crippen LogP contribution in [0.1, 0.15) is 155 Å². The fourth-order valence-electron chi connectivity index (χ4n) is 6.82. The van der Waals surface area contributed by atoms with Crippen LogP contribution in [0.25, 0.3) is 0 Å². The number of hydrogen-bond acceptors (Lipinski definition) is 9. The molecule has 0 aromatic heterocycles. The number of phosphoric acid groups is 1. The standard InChI is InChI=1S/C46H84NO10P/c1-6-8-10-11-12-13-14-15-16-17-18-19-20-21-24-28-35-54-41(39-57-58(52,53)56-36-34-47(3,4)5)38-55-46(51)31-27-23-22-26-30-42-43(45(50)37-44(42)49)33-32-40(48)29-25-9-7-2/h15-16,22,26,28,32-33,35,40-45,48-50H,6-14,17-21,23-25,27,29-31,34,36-39H2,1-5H3/p+1/b16-15-,26-22+,33-32+,35-28+/t40-,41+,42+,43+,44-,45+/m0/s1. The van der Waals surface area contributed by atoms with Gasteiger partial charge in [-0.1, -0.05) is 115 Å². The molecular formula is C46H85NO10P+. The molecule has 1 aliphatic rings. The van der Waals surface area contributed by atoms with Crippen molar-refractivity contribution in [3.8, 4) is 0 Å². The van der Waals surface area contributed by atoms with Gasteiger partial charge in [0.1, 0.15) is 19.8 Å². The summed E-state index contributed by atoms with van der Waals surface area (Å²) in [5.41, 5.74) is 0. The molecule has 0 amide bonds. The van der Waals surface area contributed by atoms with Gasteiger partial charge >= 0.3 is 13.8 Å². The number of esters is 1. The van der Waals surface area contributed by atoms with Crippen LogP contribution in [0.2, 0.25) is 0 Å². The summed E-state index contributed by atoms with van der Waals surface area (Å²) in [6.07, 6.45) is 34.8. The van der Waals surface area contributed by atoms with E-state index in [-0.39, 0.29) is 38.1 Å². The summed E-state index contributed by atoms with van der Waals surface area (Å²) in [6, 6.07) is 0. The highest BCUT2D eigenvalue weighted by Gasteiger charge is 2.39. The first-order chi connectivity index (χ1) is 27.8. The van der Waals surface area contributed by atoms with Crippen molar-refractivity contribution >= 4 is 13.8 Å². The number of hydrogen-bond donors (Lipinski definition) is 4. The summed E-state index contributed by atoms with van der Waals surface area (Å²) in [6.45, 7) is 4.51. The zero-order chi connectivity index (χ0) is 42.9. The van der Waals surface area contributed by atoms with Crippen LogP contribution in [0.3, 0.4) is 0 Å². The van der Waals surface area contributed by atoms with Gasteiger partial charge in [0.2, 0.25) is 0 Å². The third kappa shape index (κ3) is 30.2. The molecule has 0 bridgehead atoms. The molecule has 0 aromatic carbocycles. The van der Waals surface area contributed by atoms with Crippen molar-refractivity contribution in [1.29, 1.82) is 0 Å². The lowest BCUT2D eigenvalue weighted by Gasteiger charge is -2.24. The summed E-state index contributed by atoms with van der Waals surface area (Å²) in [7, 11) is 1.53. The number of nitrogens with zero attached hydrogens (tertiary/aromatic N) is 1. The van der Waals surface area contributed by atoms with Crippen molar-refractivity contribution in [2.24, 2.45) is 11.8 Å². The van der Waals surface area contributed by atoms with E-state index in [0.29, 0.717) is 43.1 Å². The number of likely N-dealkylation sites (N-methyl/N-ethyl adjacent to an activating group) is 1. The number of aliphatic hydroxyl groups is 3. The minimum Gasteiger partial charge on any atom is -0.492 e. The highest BCUT2D eigenvalue weighted by atomic mass is 31.2. The van der Waals surface area contributed by atoms with Gasteiger partial charge in [0.15, 0.2) is 6.10 Å². The molecule has 0 aromatic rings. The average Bonchev–Trinajstić information content (AvgIpc) is 3.44. The van der Waals surface area contributed by atoms with Gasteiger partial charge in [0.05, 0.1) is 52.3 Å². The number of rotatable bonds is 37. The van der Waals surface area contributed by atoms with E-state index >= 15 is 0 Å². The normalized spacial score (nSPS) is 21.1. The van der Waals surface area contributed by atoms with E-state index in [1.807, 2.05) is 45.4 Å². The second-order valence-electron chi connectivity index (χ2n) is 17.1. The Hall–Kier alpha value is -1.82. The van der Waals surface area contributed by atoms with Crippen LogP contribution in [0.15, 0.2) is 48.8 Å². The first-order valence-corrected chi connectivity index (χ1v) is 24.2. The molecule has 0 spiro atoms. The monoisotopic (exact) mass is 843 g/mol. The van der Waals surface area contributed by atoms with Crippen LogP contribution in [-0.4, -0.2) is 103 Å². The number of carbonyl (C=O) groups excluding carboxylic acids is 1. The Labute approximate surface area is 353 Å². The minimum atomic E-state index is -4.33. The van der Waals surface area contributed by atoms with E-state index in [1.54, 1.807) is 12.3 Å². The Kier molecular flexibility index (Phi) is 31.6. The number of allylic oxidation sites excluding steroid dienone is 5. The highest BCUT2D eigenvalue weighted by molar-refractivity contribution is 7.47. The van der Waals surface area contributed by atoms with Crippen LogP contribution in [-0.2, 0) is 27.9 Å². The summed E-state index contributed by atoms with van der Waals surface area (Å²) in [5, 5.41) is 31.3. The molecule has 1 aliphatic carbocycles. The molecule has 11 nitrogen and oxygen atoms in total. The Balaban J connectivity index is 2.48. The third-order valence-corrected chi connectivity index (χ3v) is 11.5. The molecule has 1 rings (SSSR count). The van der Waals surface area contributed by atoms with E-state index in [4.69, 9.17) is 18.5 Å². The van der Waals surface area contributed by atoms with Crippen LogP contribution in [0, 0.1) is 11.8 Å². The van der Waals surface area contributed by atoms with Crippen molar-refractivity contribution in [3.05, 3.63) is 48.8 Å². The number of quaternary nitrogens is 1. The molecular weight excluding hydrogens is 757 g/mol. The van der Waals surface area contributed by atoms with Gasteiger partial charge in [-0.05, 0) is 76.2 Å². The maximum absolute atomic E-state index is 12.6. The van der Waals surface area contributed by atoms with Gasteiger partial charge in [0.25, 0.3) is 0 Å². The predicted octanol–water partition coefficient (Wildman–Crippen LogP) is 9.89. The van der Waals surface area contributed by atoms with E-state index in [2.05, 4.69) is 26.0 Å². The molecule has 0 radical (unpaired) electrons. The van der Waals surface area contributed by atoms with E-state index < -0.39 is 38.2 Å². The molecule has 0 aliphatic heterocycles. The predicted molar refractivity (Wildman–Crippen MR) is 235 cm³/mol. The molecule has 338 valence electrons. The quantitative estimate of drug-likeness (QED) is 0.0119. The highest BCUT2D eigenvalue weighted by Crippen LogP contribution is 2.43. The zero-order valence-corrected chi connectivity index (χ0v) is 38.0. The van der Waals surface area contributed by atoms with Gasteiger partial charge in [-0.2, -0.15) is 0 Å². The molecule has 12 heteroatoms. The lowest BCUT2D eigenvalue weighted by atomic mass is 9.89. The molecule has 0 heterocycles. The SMILES string of the molecule is CCCCCCCC/C=C\CCCCCC/C=C/O[C@H](COC(=O)CCC/C=C/C[C@@H]1[C@@H](/C=C/[C@@H](O)CCCCC)[C@H](O)C[C@@H]1O)COP(=O)(O)OCC[N+](C)(C)C. The lowest BCUT2D eigenvalue weighted by molar-refractivity contribution is -0.870. The third-order valence-electron chi connectivity index (χ3n) is 10.5. The first kappa shape index (κ1) is 54.2. The Morgan fingerprint density at radius 3 is 2.00 bits per heavy atom. The molecule has 0 saturated heterocycles. The Morgan fingerprint density at radius 2 is 1.34 bits per heavy atom. The fourth-order valence-corrected chi connectivity index (χ4v) is 7.56. The van der Waals surface area contributed by atoms with Crippen LogP contribution >= 0.6 is 7.82 Å². The van der Waals surface area contributed by atoms with Crippen LogP contribution < -0.4 is 0 Å². The number of carbonyl (C=O) groups is 1. The van der Waals surface area contributed by atoms with Crippen molar-refractivity contribution in [3.63, 3.8) is 0 Å². The van der Waals surface area contributed by atoms with Gasteiger partial charge in [-0.25, -0.2) is 4.57 Å². The van der Waals surface area contributed by atoms with E-state index in [0.717, 1.165) is 44.9 Å². The molecule has 4 N–H and O–H groups in total. The smallest absolute Gasteiger partial charge is 0.472 e. The maximum atomic E-state index is 12.6. The second-order valence-corrected chi connectivity index (χ2v) is 18.6. The van der Waals surface area contributed by atoms with Gasteiger partial charge in [-0.3, -0.25) is 13.8 Å². The topological polar surface area (TPSA) is 152 Å². The number of aliphatic hydroxyl groups excluding tert-OH is 3. The van der Waals surface area contributed by atoms with Gasteiger partial charge in [0, 0.05) is 18.8 Å². The molecule has 7 atom stereocenters. The van der Waals surface area contributed by atoms with Crippen LogP contribution in [0.5, 0.6) is 0 Å². The average molecular weight is 843 g/mol. The fraction of sp³-hybridized carbons (Fsp3) is 0.804. The number of unbranched alkanes of at least 4 members (excludes halogenated alkanes) is 14. The Bertz CT molecular complexity index is 1190. The summed E-state index contributed by atoms with van der Waals surface area (Å²) in [4.78, 5) is 22.8. The lowest BCUT2D eigenvalue weighted by Crippen LogP contribution is -2.37. The summed E-state index contributed by atoms with van der Waals surface area (Å²) in [5.74, 6) is -0.773. The largest absolute Gasteiger partial charge is 0.492 e. The van der Waals surface area contributed by atoms with Crippen molar-refractivity contribution in [2.75, 3.05) is 47.5 Å². The van der Waals surface area contributed by atoms with Gasteiger partial charge < -0.3 is 34.2 Å². The van der Waals surface area contributed by atoms with E-state index in [9.17, 15) is 29.6 Å². The van der Waals surface area contributed by atoms with E-state index in [1.165, 1.54) is 57.8 Å². The second kappa shape index (κ2) is 33.8. The minimum absolute atomic E-state index is 0.0474. The molecule has 58 heavy (non-hydrogen) atoms. The van der Waals surface area contributed by atoms with Crippen molar-refractivity contribution < 1.29 is 52.6 Å². The van der Waals surface area contributed by atoms with Gasteiger partial charge in [-0.15, -0.1) is 0 Å².